The molecule has 3 N–H and O–H groups in total. The van der Waals surface area contributed by atoms with Gasteiger partial charge >= 0.3 is 0 Å². The second kappa shape index (κ2) is 10.3. The number of rotatable bonds is 8. The van der Waals surface area contributed by atoms with Crippen LogP contribution in [0.4, 0.5) is 23.1 Å². The molecular weight excluding hydrogens is 510 g/mol. The van der Waals surface area contributed by atoms with Crippen LogP contribution in [0, 0.1) is 6.92 Å². The average Bonchev–Trinajstić information content (AvgIpc) is 3.43. The van der Waals surface area contributed by atoms with Crippen molar-refractivity contribution in [3.05, 3.63) is 42.1 Å². The monoisotopic (exact) mass is 539 g/mol. The van der Waals surface area contributed by atoms with Gasteiger partial charge in [0, 0.05) is 58.9 Å². The van der Waals surface area contributed by atoms with Crippen LogP contribution in [0.3, 0.4) is 0 Å². The van der Waals surface area contributed by atoms with E-state index in [0.717, 1.165) is 5.69 Å². The number of hydrogen-bond acceptors (Lipinski definition) is 11. The van der Waals surface area contributed by atoms with Crippen LogP contribution in [0.2, 0.25) is 0 Å². The normalized spacial score (nSPS) is 15.4. The minimum absolute atomic E-state index is 0.160. The van der Waals surface area contributed by atoms with E-state index in [1.807, 2.05) is 25.1 Å². The molecule has 1 saturated heterocycles. The zero-order chi connectivity index (χ0) is 26.9. The van der Waals surface area contributed by atoms with Gasteiger partial charge in [-0.1, -0.05) is 0 Å². The minimum Gasteiger partial charge on any atom is -0.351 e. The maximum Gasteiger partial charge on any atom is 0.252 e. The van der Waals surface area contributed by atoms with E-state index in [1.165, 1.54) is 6.20 Å². The number of nitrogens with zero attached hydrogens (tertiary/aromatic N) is 8. The lowest BCUT2D eigenvalue weighted by Crippen LogP contribution is -2.43. The second-order valence-corrected chi connectivity index (χ2v) is 11.5. The topological polar surface area (TPSA) is 165 Å². The Kier molecular flexibility index (Phi) is 6.94. The summed E-state index contributed by atoms with van der Waals surface area (Å²) in [6.07, 6.45) is 6.72. The number of hydrogen-bond donors (Lipinski definition) is 3. The van der Waals surface area contributed by atoms with Gasteiger partial charge in [-0.25, -0.2) is 18.1 Å². The fourth-order valence-corrected chi connectivity index (χ4v) is 5.40. The van der Waals surface area contributed by atoms with Crippen molar-refractivity contribution < 1.29 is 13.2 Å². The molecule has 38 heavy (non-hydrogen) atoms. The van der Waals surface area contributed by atoms with Crippen LogP contribution >= 0.6 is 0 Å². The SMILES string of the molecule is Cc1ncc(C(=O)NCCN2CCS(=O)(=O)CC2)cc1Nc1nn(C)c2nc(Nc3cnn(C)c3)ncc12. The predicted octanol–water partition coefficient (Wildman–Crippen LogP) is 0.748. The zero-order valence-electron chi connectivity index (χ0n) is 21.3. The van der Waals surface area contributed by atoms with Crippen LogP contribution in [-0.2, 0) is 23.9 Å². The lowest BCUT2D eigenvalue weighted by Gasteiger charge is -2.26. The fraction of sp³-hybridized carbons (Fsp3) is 0.391. The third kappa shape index (κ3) is 5.73. The first-order valence-corrected chi connectivity index (χ1v) is 13.9. The number of pyridine rings is 1. The molecule has 0 aromatic carbocycles. The standard InChI is InChI=1S/C23H29N11O3S/c1-15-19(10-16(11-25-15)22(35)24-4-5-34-6-8-38(36,37)9-7-34)29-20-18-13-26-23(30-21(18)33(3)31-20)28-17-12-27-32(2)14-17/h10-14H,4-9H2,1-3H3,(H,24,35)(H,29,31)(H,26,28,30). The molecule has 4 aromatic heterocycles. The summed E-state index contributed by atoms with van der Waals surface area (Å²) in [6, 6.07) is 1.73. The molecule has 14 nitrogen and oxygen atoms in total. The molecule has 1 fully saturated rings. The number of fused-ring (bicyclic) bond motifs is 1. The molecule has 15 heteroatoms. The Labute approximate surface area is 219 Å². The molecule has 0 saturated carbocycles. The third-order valence-electron chi connectivity index (χ3n) is 6.29. The molecule has 0 spiro atoms. The molecule has 5 rings (SSSR count). The number of nitrogens with one attached hydrogen (secondary N) is 3. The predicted molar refractivity (Wildman–Crippen MR) is 142 cm³/mol. The number of aromatic nitrogens is 7. The van der Waals surface area contributed by atoms with Gasteiger partial charge in [0.1, 0.15) is 0 Å². The quantitative estimate of drug-likeness (QED) is 0.289. The van der Waals surface area contributed by atoms with Crippen molar-refractivity contribution in [1.29, 1.82) is 0 Å². The van der Waals surface area contributed by atoms with Crippen molar-refractivity contribution in [2.75, 3.05) is 48.3 Å². The van der Waals surface area contributed by atoms with E-state index in [0.29, 0.717) is 65.9 Å². The Balaban J connectivity index is 1.26. The highest BCUT2D eigenvalue weighted by Gasteiger charge is 2.21. The first kappa shape index (κ1) is 25.5. The molecule has 0 unspecified atom stereocenters. The summed E-state index contributed by atoms with van der Waals surface area (Å²) in [5, 5.41) is 18.7. The highest BCUT2D eigenvalue weighted by molar-refractivity contribution is 7.91. The van der Waals surface area contributed by atoms with Crippen molar-refractivity contribution in [3.8, 4) is 0 Å². The van der Waals surface area contributed by atoms with Gasteiger partial charge in [-0.3, -0.25) is 19.4 Å². The van der Waals surface area contributed by atoms with Gasteiger partial charge in [0.25, 0.3) is 5.91 Å². The first-order chi connectivity index (χ1) is 18.2. The average molecular weight is 540 g/mol. The maximum atomic E-state index is 12.8. The molecule has 5 heterocycles. The summed E-state index contributed by atoms with van der Waals surface area (Å²) in [4.78, 5) is 28.2. The second-order valence-electron chi connectivity index (χ2n) is 9.16. The summed E-state index contributed by atoms with van der Waals surface area (Å²) in [7, 11) is 0.695. The summed E-state index contributed by atoms with van der Waals surface area (Å²) < 4.78 is 26.5. The van der Waals surface area contributed by atoms with Crippen LogP contribution < -0.4 is 16.0 Å². The van der Waals surface area contributed by atoms with E-state index < -0.39 is 9.84 Å². The van der Waals surface area contributed by atoms with Crippen molar-refractivity contribution in [3.63, 3.8) is 0 Å². The molecule has 200 valence electrons. The molecule has 0 atom stereocenters. The number of carbonyl (C=O) groups excluding carboxylic acids is 1. The minimum atomic E-state index is -2.93. The first-order valence-electron chi connectivity index (χ1n) is 12.1. The lowest BCUT2D eigenvalue weighted by atomic mass is 10.2. The van der Waals surface area contributed by atoms with E-state index >= 15 is 0 Å². The van der Waals surface area contributed by atoms with E-state index in [4.69, 9.17) is 0 Å². The highest BCUT2D eigenvalue weighted by atomic mass is 32.2. The van der Waals surface area contributed by atoms with Crippen molar-refractivity contribution in [2.45, 2.75) is 6.92 Å². The lowest BCUT2D eigenvalue weighted by molar-refractivity contribution is 0.0948. The Morgan fingerprint density at radius 3 is 2.61 bits per heavy atom. The Morgan fingerprint density at radius 2 is 1.87 bits per heavy atom. The zero-order valence-corrected chi connectivity index (χ0v) is 22.2. The van der Waals surface area contributed by atoms with Crippen molar-refractivity contribution in [1.82, 2.24) is 44.7 Å². The van der Waals surface area contributed by atoms with Gasteiger partial charge in [0.2, 0.25) is 5.95 Å². The Bertz CT molecular complexity index is 1580. The number of carbonyl (C=O) groups is 1. The van der Waals surface area contributed by atoms with Gasteiger partial charge in [-0.05, 0) is 13.0 Å². The molecule has 1 amide bonds. The third-order valence-corrected chi connectivity index (χ3v) is 7.90. The summed E-state index contributed by atoms with van der Waals surface area (Å²) >= 11 is 0. The molecular formula is C23H29N11O3S. The van der Waals surface area contributed by atoms with Crippen LogP contribution in [0.5, 0.6) is 0 Å². The Hall–Kier alpha value is -4.11. The van der Waals surface area contributed by atoms with Gasteiger partial charge in [-0.15, -0.1) is 0 Å². The van der Waals surface area contributed by atoms with Crippen molar-refractivity contribution >= 4 is 49.9 Å². The summed E-state index contributed by atoms with van der Waals surface area (Å²) in [5.74, 6) is 1.02. The van der Waals surface area contributed by atoms with E-state index in [9.17, 15) is 13.2 Å². The molecule has 1 aliphatic rings. The molecule has 0 aliphatic carbocycles. The fourth-order valence-electron chi connectivity index (χ4n) is 4.12. The van der Waals surface area contributed by atoms with Gasteiger partial charge in [0.15, 0.2) is 21.3 Å². The van der Waals surface area contributed by atoms with Gasteiger partial charge in [0.05, 0.1) is 45.7 Å². The number of aryl methyl sites for hydroxylation is 3. The smallest absolute Gasteiger partial charge is 0.252 e. The maximum absolute atomic E-state index is 12.8. The van der Waals surface area contributed by atoms with Gasteiger partial charge in [-0.2, -0.15) is 15.2 Å². The summed E-state index contributed by atoms with van der Waals surface area (Å²) in [6.45, 7) is 3.81. The van der Waals surface area contributed by atoms with E-state index in [1.54, 1.807) is 34.9 Å². The molecule has 1 aliphatic heterocycles. The van der Waals surface area contributed by atoms with E-state index in [-0.39, 0.29) is 17.4 Å². The summed E-state index contributed by atoms with van der Waals surface area (Å²) in [5.41, 5.74) is 3.13. The number of amides is 1. The Morgan fingerprint density at radius 1 is 1.08 bits per heavy atom. The highest BCUT2D eigenvalue weighted by Crippen LogP contribution is 2.26. The van der Waals surface area contributed by atoms with Crippen LogP contribution in [-0.4, -0.2) is 91.4 Å². The van der Waals surface area contributed by atoms with Gasteiger partial charge < -0.3 is 16.0 Å². The van der Waals surface area contributed by atoms with Crippen LogP contribution in [0.25, 0.3) is 11.0 Å². The van der Waals surface area contributed by atoms with Crippen LogP contribution in [0.15, 0.2) is 30.9 Å². The number of sulfone groups is 1. The molecule has 4 aromatic rings. The van der Waals surface area contributed by atoms with E-state index in [2.05, 4.69) is 41.1 Å². The van der Waals surface area contributed by atoms with Crippen LogP contribution in [0.1, 0.15) is 16.1 Å². The number of anilines is 4. The largest absolute Gasteiger partial charge is 0.351 e. The van der Waals surface area contributed by atoms with Crippen molar-refractivity contribution in [2.24, 2.45) is 14.1 Å². The molecule has 0 radical (unpaired) electrons. The molecule has 0 bridgehead atoms.